The molecule has 0 aromatic heterocycles. The number of oxime groups is 1. The molecule has 1 aromatic rings. The van der Waals surface area contributed by atoms with Crippen LogP contribution in [0.1, 0.15) is 37.7 Å². The van der Waals surface area contributed by atoms with E-state index in [-0.39, 0.29) is 12.4 Å². The van der Waals surface area contributed by atoms with Crippen molar-refractivity contribution in [2.45, 2.75) is 38.1 Å². The maximum atomic E-state index is 9.36. The third-order valence-electron chi connectivity index (χ3n) is 3.95. The van der Waals surface area contributed by atoms with Crippen LogP contribution < -0.4 is 10.6 Å². The number of nitrogens with two attached hydrogens (primary N) is 1. The van der Waals surface area contributed by atoms with E-state index in [0.717, 1.165) is 18.5 Å². The molecule has 4 N–H and O–H groups in total. The minimum atomic E-state index is 0.0982. The second kappa shape index (κ2) is 7.14. The Hall–Kier alpha value is -1.75. The summed E-state index contributed by atoms with van der Waals surface area (Å²) < 4.78 is 0. The lowest BCUT2D eigenvalue weighted by atomic mass is 9.93. The predicted molar refractivity (Wildman–Crippen MR) is 80.3 cm³/mol. The SMILES string of the molecule is NC(=NO)c1ccccc1N(CCO)C1CCCCC1. The average Bonchev–Trinajstić information content (AvgIpc) is 2.53. The van der Waals surface area contributed by atoms with E-state index in [9.17, 15) is 5.11 Å². The number of aliphatic hydroxyl groups is 1. The highest BCUT2D eigenvalue weighted by molar-refractivity contribution is 6.02. The summed E-state index contributed by atoms with van der Waals surface area (Å²) in [5.41, 5.74) is 7.42. The summed E-state index contributed by atoms with van der Waals surface area (Å²) in [6.07, 6.45) is 5.98. The summed E-state index contributed by atoms with van der Waals surface area (Å²) in [4.78, 5) is 2.20. The Bertz CT molecular complexity index is 456. The normalized spacial score (nSPS) is 17.1. The highest BCUT2D eigenvalue weighted by Gasteiger charge is 2.23. The van der Waals surface area contributed by atoms with Gasteiger partial charge >= 0.3 is 0 Å². The molecule has 0 aliphatic heterocycles. The summed E-state index contributed by atoms with van der Waals surface area (Å²) >= 11 is 0. The van der Waals surface area contributed by atoms with Crippen molar-refractivity contribution in [3.05, 3.63) is 29.8 Å². The first kappa shape index (κ1) is 14.7. The zero-order chi connectivity index (χ0) is 14.4. The van der Waals surface area contributed by atoms with Gasteiger partial charge in [0.25, 0.3) is 0 Å². The van der Waals surface area contributed by atoms with Gasteiger partial charge in [-0.2, -0.15) is 0 Å². The van der Waals surface area contributed by atoms with E-state index >= 15 is 0 Å². The highest BCUT2D eigenvalue weighted by Crippen LogP contribution is 2.29. The van der Waals surface area contributed by atoms with Crippen LogP contribution in [0.5, 0.6) is 0 Å². The molecule has 0 spiro atoms. The predicted octanol–water partition coefficient (Wildman–Crippen LogP) is 1.91. The summed E-state index contributed by atoms with van der Waals surface area (Å²) in [7, 11) is 0. The van der Waals surface area contributed by atoms with Gasteiger partial charge in [-0.05, 0) is 25.0 Å². The summed E-state index contributed by atoms with van der Waals surface area (Å²) in [5.74, 6) is 0.111. The molecule has 5 nitrogen and oxygen atoms in total. The van der Waals surface area contributed by atoms with Crippen molar-refractivity contribution in [3.8, 4) is 0 Å². The molecular formula is C15H23N3O2. The second-order valence-electron chi connectivity index (χ2n) is 5.21. The van der Waals surface area contributed by atoms with Gasteiger partial charge < -0.3 is 20.9 Å². The van der Waals surface area contributed by atoms with Crippen LogP contribution >= 0.6 is 0 Å². The number of nitrogens with zero attached hydrogens (tertiary/aromatic N) is 2. The first-order valence-corrected chi connectivity index (χ1v) is 7.22. The number of rotatable bonds is 5. The van der Waals surface area contributed by atoms with Crippen molar-refractivity contribution in [2.75, 3.05) is 18.1 Å². The quantitative estimate of drug-likeness (QED) is 0.332. The molecule has 0 radical (unpaired) electrons. The largest absolute Gasteiger partial charge is 0.409 e. The third-order valence-corrected chi connectivity index (χ3v) is 3.95. The van der Waals surface area contributed by atoms with Crippen LogP contribution in [0.4, 0.5) is 5.69 Å². The van der Waals surface area contributed by atoms with Gasteiger partial charge in [0.2, 0.25) is 0 Å². The monoisotopic (exact) mass is 277 g/mol. The van der Waals surface area contributed by atoms with E-state index in [1.54, 1.807) is 0 Å². The van der Waals surface area contributed by atoms with Gasteiger partial charge in [0, 0.05) is 23.8 Å². The van der Waals surface area contributed by atoms with Crippen molar-refractivity contribution in [1.82, 2.24) is 0 Å². The van der Waals surface area contributed by atoms with E-state index in [0.29, 0.717) is 18.2 Å². The van der Waals surface area contributed by atoms with E-state index in [4.69, 9.17) is 10.9 Å². The smallest absolute Gasteiger partial charge is 0.172 e. The Morgan fingerprint density at radius 2 is 1.95 bits per heavy atom. The van der Waals surface area contributed by atoms with Crippen LogP contribution in [-0.4, -0.2) is 35.3 Å². The van der Waals surface area contributed by atoms with Gasteiger partial charge in [-0.25, -0.2) is 0 Å². The van der Waals surface area contributed by atoms with Crippen LogP contribution in [0, 0.1) is 0 Å². The van der Waals surface area contributed by atoms with Crippen LogP contribution in [0.25, 0.3) is 0 Å². The molecule has 0 heterocycles. The molecule has 0 amide bonds. The molecule has 0 unspecified atom stereocenters. The standard InChI is InChI=1S/C15H23N3O2/c16-15(17-20)13-8-4-5-9-14(13)18(10-11-19)12-6-2-1-3-7-12/h4-5,8-9,12,19-20H,1-3,6-7,10-11H2,(H2,16,17). The molecule has 110 valence electrons. The molecule has 1 aliphatic carbocycles. The van der Waals surface area contributed by atoms with Crippen LogP contribution in [0.15, 0.2) is 29.4 Å². The van der Waals surface area contributed by atoms with Crippen molar-refractivity contribution in [2.24, 2.45) is 10.9 Å². The molecule has 0 atom stereocenters. The number of anilines is 1. The highest BCUT2D eigenvalue weighted by atomic mass is 16.4. The Morgan fingerprint density at radius 1 is 1.25 bits per heavy atom. The number of hydrogen-bond donors (Lipinski definition) is 3. The number of hydrogen-bond acceptors (Lipinski definition) is 4. The van der Waals surface area contributed by atoms with Gasteiger partial charge in [0.1, 0.15) is 0 Å². The van der Waals surface area contributed by atoms with Crippen molar-refractivity contribution >= 4 is 11.5 Å². The Morgan fingerprint density at radius 3 is 2.60 bits per heavy atom. The molecule has 1 aromatic carbocycles. The van der Waals surface area contributed by atoms with Crippen LogP contribution in [0.2, 0.25) is 0 Å². The summed E-state index contributed by atoms with van der Waals surface area (Å²) in [5, 5.41) is 21.4. The molecule has 1 aliphatic rings. The zero-order valence-corrected chi connectivity index (χ0v) is 11.7. The van der Waals surface area contributed by atoms with Crippen molar-refractivity contribution in [3.63, 3.8) is 0 Å². The van der Waals surface area contributed by atoms with Crippen molar-refractivity contribution < 1.29 is 10.3 Å². The molecule has 0 saturated heterocycles. The van der Waals surface area contributed by atoms with E-state index in [1.165, 1.54) is 19.3 Å². The fraction of sp³-hybridized carbons (Fsp3) is 0.533. The molecule has 1 saturated carbocycles. The summed E-state index contributed by atoms with van der Waals surface area (Å²) in [6, 6.07) is 8.05. The van der Waals surface area contributed by atoms with Gasteiger partial charge in [-0.1, -0.05) is 36.6 Å². The second-order valence-corrected chi connectivity index (χ2v) is 5.21. The van der Waals surface area contributed by atoms with Crippen LogP contribution in [-0.2, 0) is 0 Å². The molecule has 1 fully saturated rings. The van der Waals surface area contributed by atoms with Gasteiger partial charge in [-0.3, -0.25) is 0 Å². The lowest BCUT2D eigenvalue weighted by molar-refractivity contribution is 0.290. The first-order chi connectivity index (χ1) is 9.77. The maximum Gasteiger partial charge on any atom is 0.172 e. The zero-order valence-electron chi connectivity index (χ0n) is 11.7. The average molecular weight is 277 g/mol. The maximum absolute atomic E-state index is 9.36. The molecular weight excluding hydrogens is 254 g/mol. The Kier molecular flexibility index (Phi) is 5.24. The minimum absolute atomic E-state index is 0.0982. The first-order valence-electron chi connectivity index (χ1n) is 7.22. The van der Waals surface area contributed by atoms with Gasteiger partial charge in [-0.15, -0.1) is 0 Å². The molecule has 2 rings (SSSR count). The number of benzene rings is 1. The Balaban J connectivity index is 2.33. The van der Waals surface area contributed by atoms with Crippen LogP contribution in [0.3, 0.4) is 0 Å². The topological polar surface area (TPSA) is 82.1 Å². The fourth-order valence-electron chi connectivity index (χ4n) is 2.99. The lowest BCUT2D eigenvalue weighted by Crippen LogP contribution is -2.40. The number of para-hydroxylation sites is 1. The summed E-state index contributed by atoms with van der Waals surface area (Å²) in [6.45, 7) is 0.668. The number of amidine groups is 1. The van der Waals surface area contributed by atoms with E-state index in [2.05, 4.69) is 10.1 Å². The fourth-order valence-corrected chi connectivity index (χ4v) is 2.99. The number of aliphatic hydroxyl groups excluding tert-OH is 1. The van der Waals surface area contributed by atoms with E-state index < -0.39 is 0 Å². The van der Waals surface area contributed by atoms with Gasteiger partial charge in [0.15, 0.2) is 5.84 Å². The molecule has 0 bridgehead atoms. The van der Waals surface area contributed by atoms with Crippen molar-refractivity contribution in [1.29, 1.82) is 0 Å². The minimum Gasteiger partial charge on any atom is -0.409 e. The van der Waals surface area contributed by atoms with Gasteiger partial charge in [0.05, 0.1) is 6.61 Å². The van der Waals surface area contributed by atoms with E-state index in [1.807, 2.05) is 24.3 Å². The Labute approximate surface area is 119 Å². The molecule has 20 heavy (non-hydrogen) atoms. The lowest BCUT2D eigenvalue weighted by Gasteiger charge is -2.36. The molecule has 5 heteroatoms. The third kappa shape index (κ3) is 3.22.